The van der Waals surface area contributed by atoms with Crippen molar-refractivity contribution in [1.82, 2.24) is 4.98 Å². The minimum atomic E-state index is -1.47. The minimum Gasteiger partial charge on any atom is -0.256 e. The van der Waals surface area contributed by atoms with E-state index >= 15 is 0 Å². The molecule has 3 aromatic rings. The van der Waals surface area contributed by atoms with Crippen LogP contribution in [0, 0.1) is 23.2 Å². The highest BCUT2D eigenvalue weighted by Gasteiger charge is 2.38. The Bertz CT molecular complexity index is 1260. The first kappa shape index (κ1) is 20.9. The number of aryl methyl sites for hydroxylation is 1. The summed E-state index contributed by atoms with van der Waals surface area (Å²) in [5.41, 5.74) is 6.72. The van der Waals surface area contributed by atoms with Gasteiger partial charge in [-0.2, -0.15) is 0 Å². The lowest BCUT2D eigenvalue weighted by Gasteiger charge is -2.45. The van der Waals surface area contributed by atoms with E-state index in [1.807, 2.05) is 26.8 Å². The Labute approximate surface area is 212 Å². The van der Waals surface area contributed by atoms with Gasteiger partial charge in [-0.05, 0) is 101 Å². The van der Waals surface area contributed by atoms with Crippen molar-refractivity contribution in [3.63, 3.8) is 0 Å². The molecule has 0 radical (unpaired) electrons. The Morgan fingerprint density at radius 3 is 2.15 bits per heavy atom. The third kappa shape index (κ3) is 5.98. The molecule has 1 aromatic heterocycles. The Morgan fingerprint density at radius 2 is 1.53 bits per heavy atom. The summed E-state index contributed by atoms with van der Waals surface area (Å²) in [6.45, 7) is 17.1. The van der Waals surface area contributed by atoms with Crippen LogP contribution in [-0.2, 0) is 6.37 Å². The van der Waals surface area contributed by atoms with Crippen molar-refractivity contribution in [3.8, 4) is 22.4 Å². The van der Waals surface area contributed by atoms with Gasteiger partial charge in [-0.3, -0.25) is 4.98 Å². The van der Waals surface area contributed by atoms with Crippen LogP contribution < -0.4 is 0 Å². The summed E-state index contributed by atoms with van der Waals surface area (Å²) in [6, 6.07) is 18.6. The summed E-state index contributed by atoms with van der Waals surface area (Å²) in [5.74, 6) is -0.572. The van der Waals surface area contributed by atoms with Gasteiger partial charge in [-0.1, -0.05) is 84.9 Å². The van der Waals surface area contributed by atoms with Crippen molar-refractivity contribution in [2.45, 2.75) is 86.9 Å². The third-order valence-corrected chi connectivity index (χ3v) is 6.76. The quantitative estimate of drug-likeness (QED) is 0.381. The lowest BCUT2D eigenvalue weighted by Crippen LogP contribution is -2.32. The van der Waals surface area contributed by atoms with Gasteiger partial charge in [-0.25, -0.2) is 0 Å². The molecule has 2 aromatic carbocycles. The average molecular weight is 457 g/mol. The molecular formula is C33H43N. The number of benzene rings is 2. The van der Waals surface area contributed by atoms with E-state index in [0.717, 1.165) is 47.2 Å². The van der Waals surface area contributed by atoms with Crippen molar-refractivity contribution in [2.24, 2.45) is 16.2 Å². The van der Waals surface area contributed by atoms with Gasteiger partial charge in [0.05, 0.1) is 5.69 Å². The molecule has 0 atom stereocenters. The van der Waals surface area contributed by atoms with Gasteiger partial charge < -0.3 is 0 Å². The second-order valence-corrected chi connectivity index (χ2v) is 12.9. The monoisotopic (exact) mass is 456 g/mol. The zero-order chi connectivity index (χ0) is 27.4. The van der Waals surface area contributed by atoms with Crippen LogP contribution in [0.4, 0.5) is 0 Å². The molecule has 1 aliphatic rings. The summed E-state index contributed by atoms with van der Waals surface area (Å²) in [4.78, 5) is 4.59. The lowest BCUT2D eigenvalue weighted by molar-refractivity contribution is 0.0969. The van der Waals surface area contributed by atoms with Crippen molar-refractivity contribution in [3.05, 3.63) is 77.5 Å². The molecule has 0 spiro atoms. The van der Waals surface area contributed by atoms with Crippen LogP contribution in [0.5, 0.6) is 0 Å². The standard InChI is InChI=1S/C33H43N/c1-23-9-10-27(30-17-24(15-16-34-30)19-31(2,3)4)18-29(23)26-13-11-25(12-14-26)28-20-32(5,6)22-33(7,8)21-28/h9-18,28H,19-22H2,1-8H3/i19D2,28D. The molecule has 0 amide bonds. The number of nitrogens with zero attached hydrogens (tertiary/aromatic N) is 1. The van der Waals surface area contributed by atoms with E-state index in [-0.39, 0.29) is 10.8 Å². The van der Waals surface area contributed by atoms with Gasteiger partial charge in [0.2, 0.25) is 0 Å². The van der Waals surface area contributed by atoms with Crippen molar-refractivity contribution >= 4 is 0 Å². The average Bonchev–Trinajstić information content (AvgIpc) is 2.76. The first-order valence-electron chi connectivity index (χ1n) is 14.1. The smallest absolute Gasteiger partial charge is 0.0704 e. The van der Waals surface area contributed by atoms with Crippen LogP contribution in [0.2, 0.25) is 0 Å². The molecule has 180 valence electrons. The predicted octanol–water partition coefficient (Wildman–Crippen LogP) is 9.63. The van der Waals surface area contributed by atoms with E-state index < -0.39 is 17.7 Å². The second kappa shape index (κ2) is 8.99. The van der Waals surface area contributed by atoms with Gasteiger partial charge in [0.25, 0.3) is 0 Å². The molecule has 1 fully saturated rings. The first-order valence-corrected chi connectivity index (χ1v) is 12.6. The van der Waals surface area contributed by atoms with Gasteiger partial charge in [0.1, 0.15) is 0 Å². The molecule has 0 N–H and O–H groups in total. The first-order chi connectivity index (χ1) is 16.9. The summed E-state index contributed by atoms with van der Waals surface area (Å²) >= 11 is 0. The molecule has 1 heterocycles. The second-order valence-electron chi connectivity index (χ2n) is 12.9. The summed E-state index contributed by atoms with van der Waals surface area (Å²) < 4.78 is 26.8. The highest BCUT2D eigenvalue weighted by Crippen LogP contribution is 2.51. The molecule has 0 unspecified atom stereocenters. The Hall–Kier alpha value is -2.41. The molecule has 1 aliphatic carbocycles. The van der Waals surface area contributed by atoms with Crippen molar-refractivity contribution < 1.29 is 4.11 Å². The maximum Gasteiger partial charge on any atom is 0.0704 e. The van der Waals surface area contributed by atoms with E-state index in [1.54, 1.807) is 12.3 Å². The number of hydrogen-bond donors (Lipinski definition) is 0. The molecule has 1 saturated carbocycles. The zero-order valence-electron chi connectivity index (χ0n) is 25.3. The highest BCUT2D eigenvalue weighted by atomic mass is 14.7. The zero-order valence-corrected chi connectivity index (χ0v) is 22.3. The van der Waals surface area contributed by atoms with E-state index in [2.05, 4.69) is 82.1 Å². The maximum absolute atomic E-state index is 9.41. The van der Waals surface area contributed by atoms with E-state index in [1.165, 1.54) is 5.56 Å². The van der Waals surface area contributed by atoms with Crippen LogP contribution in [0.15, 0.2) is 60.8 Å². The Morgan fingerprint density at radius 1 is 0.912 bits per heavy atom. The fourth-order valence-electron chi connectivity index (χ4n) is 5.92. The lowest BCUT2D eigenvalue weighted by atomic mass is 9.60. The maximum atomic E-state index is 9.41. The van der Waals surface area contributed by atoms with Crippen molar-refractivity contribution in [1.29, 1.82) is 0 Å². The molecule has 4 rings (SSSR count). The molecule has 34 heavy (non-hydrogen) atoms. The van der Waals surface area contributed by atoms with Crippen LogP contribution in [-0.4, -0.2) is 4.98 Å². The Kier molecular flexibility index (Phi) is 5.53. The summed E-state index contributed by atoms with van der Waals surface area (Å²) in [5, 5.41) is 0. The SMILES string of the molecule is [2H]C1(c2ccc(-c3cc(-c4cc(C([2H])([2H])C(C)(C)C)ccn4)ccc3C)cc2)CC(C)(C)CC(C)(C)C1. The van der Waals surface area contributed by atoms with Gasteiger partial charge >= 0.3 is 0 Å². The van der Waals surface area contributed by atoms with Gasteiger partial charge in [-0.15, -0.1) is 0 Å². The van der Waals surface area contributed by atoms with Crippen LogP contribution >= 0.6 is 0 Å². The van der Waals surface area contributed by atoms with E-state index in [4.69, 9.17) is 2.74 Å². The van der Waals surface area contributed by atoms with E-state index in [9.17, 15) is 1.37 Å². The van der Waals surface area contributed by atoms with Crippen LogP contribution in [0.3, 0.4) is 0 Å². The summed E-state index contributed by atoms with van der Waals surface area (Å²) in [6.07, 6.45) is 3.14. The van der Waals surface area contributed by atoms with Crippen LogP contribution in [0.25, 0.3) is 22.4 Å². The van der Waals surface area contributed by atoms with Gasteiger partial charge in [0, 0.05) is 15.9 Å². The van der Waals surface area contributed by atoms with Crippen LogP contribution in [0.1, 0.15) is 94.4 Å². The molecule has 0 aliphatic heterocycles. The van der Waals surface area contributed by atoms with Crippen molar-refractivity contribution in [2.75, 3.05) is 0 Å². The molecule has 1 heteroatoms. The molecule has 1 nitrogen and oxygen atoms in total. The van der Waals surface area contributed by atoms with Gasteiger partial charge in [0.15, 0.2) is 0 Å². The molecular weight excluding hydrogens is 410 g/mol. The molecule has 0 bridgehead atoms. The number of rotatable bonds is 4. The topological polar surface area (TPSA) is 12.9 Å². The highest BCUT2D eigenvalue weighted by molar-refractivity contribution is 5.74. The number of pyridine rings is 1. The summed E-state index contributed by atoms with van der Waals surface area (Å²) in [7, 11) is 0. The normalized spacial score (nSPS) is 20.8. The predicted molar refractivity (Wildman–Crippen MR) is 147 cm³/mol. The fraction of sp³-hybridized carbons (Fsp3) is 0.485. The fourth-order valence-corrected chi connectivity index (χ4v) is 5.92. The molecule has 0 saturated heterocycles. The Balaban J connectivity index is 1.68. The minimum absolute atomic E-state index is 0.150. The third-order valence-electron chi connectivity index (χ3n) is 6.76. The number of hydrogen-bond acceptors (Lipinski definition) is 1. The largest absolute Gasteiger partial charge is 0.256 e. The number of aromatic nitrogens is 1. The van der Waals surface area contributed by atoms with E-state index in [0.29, 0.717) is 5.56 Å².